The van der Waals surface area contributed by atoms with Gasteiger partial charge in [0.1, 0.15) is 0 Å². The Morgan fingerprint density at radius 1 is 0.381 bits per heavy atom. The topological polar surface area (TPSA) is 69.6 Å². The molecule has 63 heavy (non-hydrogen) atoms. The monoisotopic (exact) mass is 886 g/mol. The van der Waals surface area contributed by atoms with E-state index in [1.165, 1.54) is 270 Å². The van der Waals surface area contributed by atoms with Gasteiger partial charge < -0.3 is 15.5 Å². The Bertz CT molecular complexity index is 916. The highest BCUT2D eigenvalue weighted by Gasteiger charge is 2.20. The van der Waals surface area contributed by atoms with Crippen LogP contribution in [-0.4, -0.2) is 34.9 Å². The minimum Gasteiger partial charge on any atom is -0.394 e. The summed E-state index contributed by atoms with van der Waals surface area (Å²) < 4.78 is 0. The Hall–Kier alpha value is -1.13. The second-order valence-electron chi connectivity index (χ2n) is 20.1. The third kappa shape index (κ3) is 51.7. The molecule has 0 saturated carbocycles. The number of carbonyl (C=O) groups is 1. The van der Waals surface area contributed by atoms with Crippen molar-refractivity contribution in [3.8, 4) is 0 Å². The largest absolute Gasteiger partial charge is 0.394 e. The lowest BCUT2D eigenvalue weighted by Gasteiger charge is -2.22. The van der Waals surface area contributed by atoms with Crippen molar-refractivity contribution in [3.63, 3.8) is 0 Å². The molecule has 0 aromatic carbocycles. The van der Waals surface area contributed by atoms with Crippen LogP contribution in [0.1, 0.15) is 328 Å². The average Bonchev–Trinajstić information content (AvgIpc) is 3.29. The van der Waals surface area contributed by atoms with Crippen LogP contribution in [-0.2, 0) is 4.79 Å². The van der Waals surface area contributed by atoms with Crippen molar-refractivity contribution in [1.82, 2.24) is 5.32 Å². The lowest BCUT2D eigenvalue weighted by atomic mass is 10.0. The number of nitrogens with one attached hydrogen (secondary N) is 1. The molecule has 4 nitrogen and oxygen atoms in total. The normalized spacial score (nSPS) is 12.9. The molecule has 0 aliphatic rings. The fourth-order valence-corrected chi connectivity index (χ4v) is 9.28. The van der Waals surface area contributed by atoms with Gasteiger partial charge in [0.25, 0.3) is 0 Å². The molecule has 0 aromatic rings. The molecular formula is C59H115NO3. The van der Waals surface area contributed by atoms with Crippen LogP contribution in [0, 0.1) is 0 Å². The molecule has 3 N–H and O–H groups in total. The maximum atomic E-state index is 12.4. The highest BCUT2D eigenvalue weighted by Crippen LogP contribution is 2.18. The van der Waals surface area contributed by atoms with Crippen molar-refractivity contribution in [1.29, 1.82) is 0 Å². The van der Waals surface area contributed by atoms with Crippen LogP contribution in [0.15, 0.2) is 24.3 Å². The summed E-state index contributed by atoms with van der Waals surface area (Å²) in [5, 5.41) is 23.2. The van der Waals surface area contributed by atoms with E-state index < -0.39 is 12.1 Å². The first-order valence-corrected chi connectivity index (χ1v) is 29.0. The maximum absolute atomic E-state index is 12.4. The van der Waals surface area contributed by atoms with Crippen molar-refractivity contribution < 1.29 is 15.0 Å². The molecule has 0 aliphatic heterocycles. The molecule has 0 saturated heterocycles. The van der Waals surface area contributed by atoms with E-state index in [-0.39, 0.29) is 12.5 Å². The summed E-state index contributed by atoms with van der Waals surface area (Å²) in [6.45, 7) is 4.35. The van der Waals surface area contributed by atoms with E-state index in [1.807, 2.05) is 0 Å². The minimum absolute atomic E-state index is 0.0267. The lowest BCUT2D eigenvalue weighted by Crippen LogP contribution is -2.45. The summed E-state index contributed by atoms with van der Waals surface area (Å²) >= 11 is 0. The molecule has 0 aromatic heterocycles. The maximum Gasteiger partial charge on any atom is 0.220 e. The quantitative estimate of drug-likeness (QED) is 0.0421. The molecule has 0 aliphatic carbocycles. The zero-order chi connectivity index (χ0) is 45.6. The number of aliphatic hydroxyl groups is 2. The fourth-order valence-electron chi connectivity index (χ4n) is 9.28. The Labute approximate surface area is 396 Å². The van der Waals surface area contributed by atoms with E-state index >= 15 is 0 Å². The first-order valence-electron chi connectivity index (χ1n) is 29.0. The minimum atomic E-state index is -0.654. The molecule has 2 atom stereocenters. The molecular weight excluding hydrogens is 771 g/mol. The van der Waals surface area contributed by atoms with Crippen LogP contribution in [0.5, 0.6) is 0 Å². The number of amides is 1. The Morgan fingerprint density at radius 3 is 0.952 bits per heavy atom. The van der Waals surface area contributed by atoms with E-state index in [9.17, 15) is 15.0 Å². The van der Waals surface area contributed by atoms with Gasteiger partial charge in [-0.25, -0.2) is 0 Å². The van der Waals surface area contributed by atoms with Gasteiger partial charge in [-0.1, -0.05) is 301 Å². The second kappa shape index (κ2) is 55.2. The molecule has 1 amide bonds. The van der Waals surface area contributed by atoms with Gasteiger partial charge in [-0.05, 0) is 44.9 Å². The number of hydrogen-bond acceptors (Lipinski definition) is 3. The van der Waals surface area contributed by atoms with Crippen LogP contribution in [0.3, 0.4) is 0 Å². The van der Waals surface area contributed by atoms with Crippen LogP contribution >= 0.6 is 0 Å². The van der Waals surface area contributed by atoms with Crippen LogP contribution in [0.25, 0.3) is 0 Å². The first kappa shape index (κ1) is 61.9. The van der Waals surface area contributed by atoms with Gasteiger partial charge in [0, 0.05) is 6.42 Å². The van der Waals surface area contributed by atoms with Gasteiger partial charge in [-0.2, -0.15) is 0 Å². The molecule has 0 rings (SSSR count). The summed E-state index contributed by atoms with van der Waals surface area (Å²) in [6.07, 6.45) is 73.5. The van der Waals surface area contributed by atoms with E-state index in [0.717, 1.165) is 32.1 Å². The number of carbonyl (C=O) groups excluding carboxylic acids is 1. The molecule has 0 spiro atoms. The molecule has 0 fully saturated rings. The third-order valence-corrected chi connectivity index (χ3v) is 13.7. The van der Waals surface area contributed by atoms with Crippen molar-refractivity contribution in [2.45, 2.75) is 341 Å². The van der Waals surface area contributed by atoms with Crippen molar-refractivity contribution in [2.75, 3.05) is 6.61 Å². The SMILES string of the molecule is CCCCCCC/C=C\C/C=C\CCCCCCCCCCCCCCCCCCCCCCCCCCCCCCCC(=O)NC(CO)C(O)CCCCCCCCCCCC. The molecule has 0 heterocycles. The first-order chi connectivity index (χ1) is 31.2. The summed E-state index contributed by atoms with van der Waals surface area (Å²) in [4.78, 5) is 12.4. The average molecular weight is 887 g/mol. The highest BCUT2D eigenvalue weighted by molar-refractivity contribution is 5.76. The van der Waals surface area contributed by atoms with E-state index in [0.29, 0.717) is 12.8 Å². The highest BCUT2D eigenvalue weighted by atomic mass is 16.3. The summed E-state index contributed by atoms with van der Waals surface area (Å²) in [6, 6.07) is -0.531. The Balaban J connectivity index is 3.31. The lowest BCUT2D eigenvalue weighted by molar-refractivity contribution is -0.123. The predicted octanol–water partition coefficient (Wildman–Crippen LogP) is 19.1. The standard InChI is InChI=1S/C59H115NO3/c1-3-5-7-9-11-13-15-16-17-18-19-20-21-22-23-24-25-26-27-28-29-30-31-32-33-34-35-36-37-38-39-40-41-42-43-44-45-47-49-51-53-55-59(63)60-57(56-61)58(62)54-52-50-48-46-14-12-10-8-6-4-2/h15-16,18-19,57-58,61-62H,3-14,17,20-56H2,1-2H3,(H,60,63)/b16-15-,19-18-. The van der Waals surface area contributed by atoms with E-state index in [1.54, 1.807) is 0 Å². The third-order valence-electron chi connectivity index (χ3n) is 13.7. The summed E-state index contributed by atoms with van der Waals surface area (Å²) in [7, 11) is 0. The van der Waals surface area contributed by atoms with Crippen molar-refractivity contribution in [3.05, 3.63) is 24.3 Å². The van der Waals surface area contributed by atoms with Gasteiger partial charge in [0.2, 0.25) is 5.91 Å². The molecule has 374 valence electrons. The van der Waals surface area contributed by atoms with Crippen LogP contribution in [0.4, 0.5) is 0 Å². The molecule has 0 bridgehead atoms. The number of unbranched alkanes of at least 4 members (excludes halogenated alkanes) is 43. The predicted molar refractivity (Wildman–Crippen MR) is 281 cm³/mol. The van der Waals surface area contributed by atoms with E-state index in [4.69, 9.17) is 0 Å². The van der Waals surface area contributed by atoms with Gasteiger partial charge in [-0.3, -0.25) is 4.79 Å². The van der Waals surface area contributed by atoms with Gasteiger partial charge in [-0.15, -0.1) is 0 Å². The number of hydrogen-bond donors (Lipinski definition) is 3. The molecule has 0 radical (unpaired) electrons. The smallest absolute Gasteiger partial charge is 0.220 e. The molecule has 4 heteroatoms. The van der Waals surface area contributed by atoms with Crippen LogP contribution in [0.2, 0.25) is 0 Å². The van der Waals surface area contributed by atoms with E-state index in [2.05, 4.69) is 43.5 Å². The zero-order valence-corrected chi connectivity index (χ0v) is 43.1. The molecule has 2 unspecified atom stereocenters. The summed E-state index contributed by atoms with van der Waals surface area (Å²) in [5.74, 6) is -0.0267. The Kier molecular flexibility index (Phi) is 54.2. The fraction of sp³-hybridized carbons (Fsp3) is 0.915. The Morgan fingerprint density at radius 2 is 0.651 bits per heavy atom. The number of allylic oxidation sites excluding steroid dienone is 4. The van der Waals surface area contributed by atoms with Crippen molar-refractivity contribution in [2.24, 2.45) is 0 Å². The second-order valence-corrected chi connectivity index (χ2v) is 20.1. The number of aliphatic hydroxyl groups excluding tert-OH is 2. The van der Waals surface area contributed by atoms with Gasteiger partial charge >= 0.3 is 0 Å². The summed E-state index contributed by atoms with van der Waals surface area (Å²) in [5.41, 5.74) is 0. The van der Waals surface area contributed by atoms with Crippen molar-refractivity contribution >= 4 is 5.91 Å². The van der Waals surface area contributed by atoms with Crippen LogP contribution < -0.4 is 5.32 Å². The van der Waals surface area contributed by atoms with Gasteiger partial charge in [0.15, 0.2) is 0 Å². The number of rotatable bonds is 54. The zero-order valence-electron chi connectivity index (χ0n) is 43.1. The van der Waals surface area contributed by atoms with Gasteiger partial charge in [0.05, 0.1) is 18.8 Å².